The minimum absolute atomic E-state index is 0.0504. The van der Waals surface area contributed by atoms with Crippen molar-refractivity contribution in [1.29, 1.82) is 0 Å². The van der Waals surface area contributed by atoms with E-state index in [1.165, 1.54) is 58.5 Å². The van der Waals surface area contributed by atoms with Crippen LogP contribution in [0.4, 0.5) is 0 Å². The summed E-state index contributed by atoms with van der Waals surface area (Å²) in [5, 5.41) is 2.89. The molecule has 0 bridgehead atoms. The lowest BCUT2D eigenvalue weighted by Gasteiger charge is -2.63. The van der Waals surface area contributed by atoms with Gasteiger partial charge in [0.25, 0.3) is 0 Å². The summed E-state index contributed by atoms with van der Waals surface area (Å²) < 4.78 is 17.4. The Balaban J connectivity index is 1.42. The molecule has 0 aromatic heterocycles. The van der Waals surface area contributed by atoms with Gasteiger partial charge in [0.1, 0.15) is 0 Å². The van der Waals surface area contributed by atoms with Gasteiger partial charge in [-0.3, -0.25) is 9.59 Å². The minimum atomic E-state index is -0.283. The number of amides is 1. The lowest BCUT2D eigenvalue weighted by atomic mass is 9.43. The third-order valence-corrected chi connectivity index (χ3v) is 11.9. The van der Waals surface area contributed by atoms with Crippen molar-refractivity contribution in [1.82, 2.24) is 5.32 Å². The number of fused-ring (bicyclic) bond motifs is 5. The van der Waals surface area contributed by atoms with E-state index in [4.69, 9.17) is 9.47 Å². The van der Waals surface area contributed by atoms with Crippen LogP contribution in [0.15, 0.2) is 0 Å². The molecular weight excluding hydrogens is 478 g/mol. The predicted octanol–water partition coefficient (Wildman–Crippen LogP) is 6.16. The number of nitrogens with one attached hydrogen (secondary N) is 1. The third kappa shape index (κ3) is 5.82. The molecule has 4 aliphatic carbocycles. The van der Waals surface area contributed by atoms with Gasteiger partial charge in [-0.15, -0.1) is 0 Å². The summed E-state index contributed by atoms with van der Waals surface area (Å²) in [4.78, 5) is 23.8. The fraction of sp³-hybridized carbons (Fsp3) is 0.938. The molecule has 0 radical (unpaired) electrons. The monoisotopic (exact) mass is 533 g/mol. The quantitative estimate of drug-likeness (QED) is 0.322. The van der Waals surface area contributed by atoms with Crippen LogP contribution >= 0.6 is 0 Å². The molecule has 10 atom stereocenters. The van der Waals surface area contributed by atoms with Gasteiger partial charge in [0, 0.05) is 26.2 Å². The molecular formula is C32H55NO5. The second kappa shape index (κ2) is 12.6. The van der Waals surface area contributed by atoms with E-state index in [1.54, 1.807) is 0 Å². The zero-order valence-corrected chi connectivity index (χ0v) is 25.1. The van der Waals surface area contributed by atoms with Gasteiger partial charge in [-0.2, -0.15) is 0 Å². The van der Waals surface area contributed by atoms with Crippen molar-refractivity contribution in [3.63, 3.8) is 0 Å². The van der Waals surface area contributed by atoms with Crippen molar-refractivity contribution in [2.75, 3.05) is 26.9 Å². The fourth-order valence-electron chi connectivity index (χ4n) is 9.96. The minimum Gasteiger partial charge on any atom is -0.469 e. The first-order valence-electron chi connectivity index (χ1n) is 15.7. The van der Waals surface area contributed by atoms with Crippen molar-refractivity contribution >= 4 is 11.9 Å². The van der Waals surface area contributed by atoms with Crippen LogP contribution in [-0.2, 0) is 23.8 Å². The summed E-state index contributed by atoms with van der Waals surface area (Å²) in [6.45, 7) is 13.9. The zero-order valence-electron chi connectivity index (χ0n) is 25.1. The van der Waals surface area contributed by atoms with E-state index in [1.807, 2.05) is 0 Å². The van der Waals surface area contributed by atoms with Crippen LogP contribution < -0.4 is 5.32 Å². The Kier molecular flexibility index (Phi) is 9.88. The maximum Gasteiger partial charge on any atom is 0.307 e. The Labute approximate surface area is 231 Å². The average Bonchev–Trinajstić information content (AvgIpc) is 3.25. The molecule has 0 spiro atoms. The maximum atomic E-state index is 12.4. The lowest BCUT2D eigenvalue weighted by molar-refractivity contribution is -0.190. The van der Waals surface area contributed by atoms with E-state index < -0.39 is 0 Å². The molecule has 0 aliphatic heterocycles. The number of rotatable bonds is 11. The van der Waals surface area contributed by atoms with Crippen LogP contribution in [0.5, 0.6) is 0 Å². The molecule has 0 saturated heterocycles. The van der Waals surface area contributed by atoms with Crippen molar-refractivity contribution in [3.8, 4) is 0 Å². The smallest absolute Gasteiger partial charge is 0.307 e. The normalized spacial score (nSPS) is 40.9. The summed E-state index contributed by atoms with van der Waals surface area (Å²) in [5.41, 5.74) is 0.752. The highest BCUT2D eigenvalue weighted by atomic mass is 16.5. The molecule has 1 N–H and O–H groups in total. The third-order valence-electron chi connectivity index (χ3n) is 11.9. The van der Waals surface area contributed by atoms with Gasteiger partial charge in [-0.05, 0) is 118 Å². The van der Waals surface area contributed by atoms with Crippen LogP contribution in [0, 0.1) is 46.3 Å². The van der Waals surface area contributed by atoms with Gasteiger partial charge in [0.15, 0.2) is 0 Å². The second-order valence-corrected chi connectivity index (χ2v) is 13.5. The Morgan fingerprint density at radius 2 is 1.63 bits per heavy atom. The summed E-state index contributed by atoms with van der Waals surface area (Å²) >= 11 is 0. The van der Waals surface area contributed by atoms with E-state index in [2.05, 4.69) is 44.7 Å². The van der Waals surface area contributed by atoms with Crippen molar-refractivity contribution in [3.05, 3.63) is 0 Å². The Bertz CT molecular complexity index is 818. The number of hydrogen-bond acceptors (Lipinski definition) is 5. The zero-order chi connectivity index (χ0) is 27.5. The molecule has 4 fully saturated rings. The van der Waals surface area contributed by atoms with Crippen molar-refractivity contribution < 1.29 is 23.8 Å². The van der Waals surface area contributed by atoms with E-state index in [9.17, 15) is 9.59 Å². The summed E-state index contributed by atoms with van der Waals surface area (Å²) in [6.07, 6.45) is 12.6. The molecule has 0 aromatic rings. The van der Waals surface area contributed by atoms with Crippen molar-refractivity contribution in [2.45, 2.75) is 117 Å². The molecule has 4 saturated carbocycles. The predicted molar refractivity (Wildman–Crippen MR) is 149 cm³/mol. The number of methoxy groups -OCH3 is 1. The first-order valence-corrected chi connectivity index (χ1v) is 15.7. The molecule has 218 valence electrons. The van der Waals surface area contributed by atoms with Gasteiger partial charge in [0.2, 0.25) is 5.91 Å². The van der Waals surface area contributed by atoms with Gasteiger partial charge < -0.3 is 19.5 Å². The van der Waals surface area contributed by atoms with Gasteiger partial charge in [-0.25, -0.2) is 0 Å². The van der Waals surface area contributed by atoms with Gasteiger partial charge in [0.05, 0.1) is 25.7 Å². The Morgan fingerprint density at radius 1 is 0.921 bits per heavy atom. The molecule has 0 heterocycles. The molecule has 0 aromatic carbocycles. The topological polar surface area (TPSA) is 73.9 Å². The number of hydrogen-bond donors (Lipinski definition) is 1. The van der Waals surface area contributed by atoms with E-state index >= 15 is 0 Å². The van der Waals surface area contributed by atoms with Crippen LogP contribution in [0.25, 0.3) is 0 Å². The molecule has 6 heteroatoms. The number of carbonyl (C=O) groups excluding carboxylic acids is 2. The first-order chi connectivity index (χ1) is 18.2. The molecule has 10 unspecified atom stereocenters. The van der Waals surface area contributed by atoms with Gasteiger partial charge >= 0.3 is 5.97 Å². The van der Waals surface area contributed by atoms with E-state index in [-0.39, 0.29) is 18.3 Å². The largest absolute Gasteiger partial charge is 0.469 e. The highest BCUT2D eigenvalue weighted by Gasteiger charge is 2.63. The second-order valence-electron chi connectivity index (χ2n) is 13.5. The Morgan fingerprint density at radius 3 is 2.34 bits per heavy atom. The lowest BCUT2D eigenvalue weighted by Crippen LogP contribution is -2.59. The summed E-state index contributed by atoms with van der Waals surface area (Å²) in [6, 6.07) is 0. The average molecular weight is 534 g/mol. The first kappa shape index (κ1) is 29.8. The van der Waals surface area contributed by atoms with Crippen LogP contribution in [0.1, 0.15) is 105 Å². The number of esters is 1. The van der Waals surface area contributed by atoms with E-state index in [0.717, 1.165) is 31.5 Å². The fourth-order valence-corrected chi connectivity index (χ4v) is 9.96. The molecule has 38 heavy (non-hydrogen) atoms. The molecule has 6 nitrogen and oxygen atoms in total. The number of carbonyl (C=O) groups is 2. The molecule has 4 aliphatic rings. The van der Waals surface area contributed by atoms with Crippen LogP contribution in [-0.4, -0.2) is 51.0 Å². The molecule has 4 rings (SSSR count). The highest BCUT2D eigenvalue weighted by molar-refractivity contribution is 5.77. The molecule has 1 amide bonds. The summed E-state index contributed by atoms with van der Waals surface area (Å²) in [5.74, 6) is 3.81. The Hall–Kier alpha value is -1.14. The standard InChI is InChI=1S/C32H55NO5/c1-7-37-23-13-16-31(4)22(19-23)20-27(38-8-2)30-25-11-10-24(32(25,5)17-14-26(30)31)21(3)9-12-28(34)33-18-15-29(35)36-6/h21-27,30H,7-20H2,1-6H3,(H,33,34). The maximum absolute atomic E-state index is 12.4. The highest BCUT2D eigenvalue weighted by Crippen LogP contribution is 2.68. The van der Waals surface area contributed by atoms with Gasteiger partial charge in [-0.1, -0.05) is 20.8 Å². The number of ether oxygens (including phenoxy) is 3. The summed E-state index contributed by atoms with van der Waals surface area (Å²) in [7, 11) is 1.38. The van der Waals surface area contributed by atoms with E-state index in [0.29, 0.717) is 59.7 Å². The van der Waals surface area contributed by atoms with Crippen LogP contribution in [0.2, 0.25) is 0 Å². The SMILES string of the molecule is CCOC1CCC2(C)C(C1)CC(OCC)C1C2CCC2(C)C(C(C)CCC(=O)NCCC(=O)OC)CCC12. The van der Waals surface area contributed by atoms with Crippen molar-refractivity contribution in [2.24, 2.45) is 46.3 Å². The van der Waals surface area contributed by atoms with Crippen LogP contribution in [0.3, 0.4) is 0 Å².